The average Bonchev–Trinajstić information content (AvgIpc) is 2.46. The van der Waals surface area contributed by atoms with Crippen molar-refractivity contribution < 1.29 is 15.0 Å². The summed E-state index contributed by atoms with van der Waals surface area (Å²) in [5, 5.41) is 19.8. The first-order valence-electron chi connectivity index (χ1n) is 7.82. The Labute approximate surface area is 132 Å². The number of aliphatic hydroxyl groups excluding tert-OH is 2. The van der Waals surface area contributed by atoms with Crippen LogP contribution in [0, 0.1) is 13.8 Å². The van der Waals surface area contributed by atoms with E-state index in [4.69, 9.17) is 0 Å². The van der Waals surface area contributed by atoms with Gasteiger partial charge < -0.3 is 15.1 Å². The molecule has 5 nitrogen and oxygen atoms in total. The molecule has 2 rings (SSSR count). The summed E-state index contributed by atoms with van der Waals surface area (Å²) in [5.41, 5.74) is 3.25. The molecule has 2 unspecified atom stereocenters. The molecule has 0 aliphatic carbocycles. The quantitative estimate of drug-likeness (QED) is 0.866. The van der Waals surface area contributed by atoms with Crippen LogP contribution in [0.15, 0.2) is 18.2 Å². The molecule has 0 radical (unpaired) electrons. The molecular formula is C17H26N2O3. The Morgan fingerprint density at radius 1 is 1.09 bits per heavy atom. The highest BCUT2D eigenvalue weighted by molar-refractivity contribution is 5.80. The van der Waals surface area contributed by atoms with Crippen LogP contribution < -0.4 is 0 Å². The van der Waals surface area contributed by atoms with Crippen LogP contribution in [0.3, 0.4) is 0 Å². The van der Waals surface area contributed by atoms with Crippen LogP contribution in [-0.4, -0.2) is 64.7 Å². The molecule has 1 aromatic carbocycles. The van der Waals surface area contributed by atoms with E-state index in [0.29, 0.717) is 19.6 Å². The molecule has 22 heavy (non-hydrogen) atoms. The van der Waals surface area contributed by atoms with Gasteiger partial charge in [0.25, 0.3) is 5.91 Å². The van der Waals surface area contributed by atoms with E-state index < -0.39 is 12.2 Å². The number of amides is 1. The van der Waals surface area contributed by atoms with Gasteiger partial charge in [-0.25, -0.2) is 0 Å². The molecule has 0 spiro atoms. The Kier molecular flexibility index (Phi) is 5.56. The molecule has 1 fully saturated rings. The van der Waals surface area contributed by atoms with Gasteiger partial charge in [0.15, 0.2) is 0 Å². The van der Waals surface area contributed by atoms with Crippen molar-refractivity contribution in [2.75, 3.05) is 32.7 Å². The fourth-order valence-electron chi connectivity index (χ4n) is 2.97. The summed E-state index contributed by atoms with van der Waals surface area (Å²) >= 11 is 0. The monoisotopic (exact) mass is 306 g/mol. The van der Waals surface area contributed by atoms with Gasteiger partial charge in [0.2, 0.25) is 0 Å². The Hall–Kier alpha value is -1.43. The van der Waals surface area contributed by atoms with Gasteiger partial charge in [0.1, 0.15) is 6.10 Å². The fraction of sp³-hybridized carbons (Fsp3) is 0.588. The molecular weight excluding hydrogens is 280 g/mol. The topological polar surface area (TPSA) is 64.0 Å². The number of β-amino-alcohol motifs (C(OH)–C–C–N with tert-alkyl or cyclic N) is 1. The largest absolute Gasteiger partial charge is 0.387 e. The second kappa shape index (κ2) is 7.22. The van der Waals surface area contributed by atoms with Crippen molar-refractivity contribution in [3.63, 3.8) is 0 Å². The van der Waals surface area contributed by atoms with Gasteiger partial charge in [0.05, 0.1) is 6.10 Å². The van der Waals surface area contributed by atoms with E-state index in [1.165, 1.54) is 6.92 Å². The number of hydrogen-bond donors (Lipinski definition) is 2. The third-order valence-corrected chi connectivity index (χ3v) is 4.10. The van der Waals surface area contributed by atoms with Crippen LogP contribution in [0.25, 0.3) is 0 Å². The summed E-state index contributed by atoms with van der Waals surface area (Å²) in [6.07, 6.45) is -1.45. The Morgan fingerprint density at radius 2 is 1.64 bits per heavy atom. The van der Waals surface area contributed by atoms with Crippen molar-refractivity contribution in [2.45, 2.75) is 33.0 Å². The maximum Gasteiger partial charge on any atom is 0.251 e. The first-order chi connectivity index (χ1) is 10.4. The van der Waals surface area contributed by atoms with Crippen molar-refractivity contribution >= 4 is 5.91 Å². The molecule has 2 atom stereocenters. The molecule has 2 N–H and O–H groups in total. The molecule has 5 heteroatoms. The van der Waals surface area contributed by atoms with Crippen LogP contribution >= 0.6 is 0 Å². The third-order valence-electron chi connectivity index (χ3n) is 4.10. The van der Waals surface area contributed by atoms with E-state index in [-0.39, 0.29) is 5.91 Å². The van der Waals surface area contributed by atoms with Crippen LogP contribution in [0.4, 0.5) is 0 Å². The minimum Gasteiger partial charge on any atom is -0.387 e. The summed E-state index contributed by atoms with van der Waals surface area (Å²) in [6.45, 7) is 8.78. The van der Waals surface area contributed by atoms with Crippen molar-refractivity contribution in [3.05, 3.63) is 34.9 Å². The first-order valence-corrected chi connectivity index (χ1v) is 7.82. The number of hydrogen-bond acceptors (Lipinski definition) is 4. The van der Waals surface area contributed by atoms with Crippen molar-refractivity contribution in [1.82, 2.24) is 9.80 Å². The van der Waals surface area contributed by atoms with E-state index >= 15 is 0 Å². The molecule has 1 heterocycles. The summed E-state index contributed by atoms with van der Waals surface area (Å²) < 4.78 is 0. The molecule has 122 valence electrons. The maximum absolute atomic E-state index is 11.7. The fourth-order valence-corrected chi connectivity index (χ4v) is 2.97. The lowest BCUT2D eigenvalue weighted by Crippen LogP contribution is -2.51. The van der Waals surface area contributed by atoms with Gasteiger partial charge in [-0.1, -0.05) is 29.3 Å². The van der Waals surface area contributed by atoms with Crippen molar-refractivity contribution in [2.24, 2.45) is 0 Å². The standard InChI is InChI=1S/C17H26N2O3/c1-12-8-13(2)10-15(9-12)16(21)11-18-4-6-19(7-5-18)17(22)14(3)20/h8-10,14,16,20-21H,4-7,11H2,1-3H3. The van der Waals surface area contributed by atoms with Gasteiger partial charge in [-0.15, -0.1) is 0 Å². The van der Waals surface area contributed by atoms with Gasteiger partial charge in [-0.2, -0.15) is 0 Å². The van der Waals surface area contributed by atoms with Gasteiger partial charge in [0, 0.05) is 32.7 Å². The second-order valence-electron chi connectivity index (χ2n) is 6.24. The average molecular weight is 306 g/mol. The molecule has 1 amide bonds. The maximum atomic E-state index is 11.7. The number of aryl methyl sites for hydroxylation is 2. The number of aliphatic hydroxyl groups is 2. The number of benzene rings is 1. The Bertz CT molecular complexity index is 502. The SMILES string of the molecule is Cc1cc(C)cc(C(O)CN2CCN(C(=O)C(C)O)CC2)c1. The highest BCUT2D eigenvalue weighted by atomic mass is 16.3. The third kappa shape index (κ3) is 4.29. The number of piperazine rings is 1. The van der Waals surface area contributed by atoms with E-state index in [2.05, 4.69) is 11.0 Å². The lowest BCUT2D eigenvalue weighted by molar-refractivity contribution is -0.141. The smallest absolute Gasteiger partial charge is 0.251 e. The van der Waals surface area contributed by atoms with Gasteiger partial charge >= 0.3 is 0 Å². The summed E-state index contributed by atoms with van der Waals surface area (Å²) in [6, 6.07) is 6.13. The lowest BCUT2D eigenvalue weighted by Gasteiger charge is -2.36. The summed E-state index contributed by atoms with van der Waals surface area (Å²) in [4.78, 5) is 15.6. The van der Waals surface area contributed by atoms with Crippen LogP contribution in [0.2, 0.25) is 0 Å². The first kappa shape index (κ1) is 16.9. The highest BCUT2D eigenvalue weighted by Gasteiger charge is 2.25. The predicted molar refractivity (Wildman–Crippen MR) is 85.6 cm³/mol. The molecule has 0 aromatic heterocycles. The summed E-state index contributed by atoms with van der Waals surface area (Å²) in [5.74, 6) is -0.213. The lowest BCUT2D eigenvalue weighted by atomic mass is 10.0. The zero-order valence-corrected chi connectivity index (χ0v) is 13.6. The number of carbonyl (C=O) groups is 1. The number of carbonyl (C=O) groups excluding carboxylic acids is 1. The Morgan fingerprint density at radius 3 is 2.14 bits per heavy atom. The normalized spacial score (nSPS) is 19.0. The minimum absolute atomic E-state index is 0.213. The molecule has 1 aliphatic heterocycles. The van der Waals surface area contributed by atoms with E-state index in [1.54, 1.807) is 4.90 Å². The van der Waals surface area contributed by atoms with Crippen molar-refractivity contribution in [3.8, 4) is 0 Å². The zero-order valence-electron chi connectivity index (χ0n) is 13.6. The number of nitrogens with zero attached hydrogens (tertiary/aromatic N) is 2. The molecule has 1 aromatic rings. The summed E-state index contributed by atoms with van der Waals surface area (Å²) in [7, 11) is 0. The Balaban J connectivity index is 1.89. The van der Waals surface area contributed by atoms with Crippen LogP contribution in [0.1, 0.15) is 29.7 Å². The van der Waals surface area contributed by atoms with Gasteiger partial charge in [-0.3, -0.25) is 9.69 Å². The predicted octanol–water partition coefficient (Wildman–Crippen LogP) is 0.862. The van der Waals surface area contributed by atoms with Crippen LogP contribution in [0.5, 0.6) is 0 Å². The minimum atomic E-state index is -0.938. The molecule has 1 saturated heterocycles. The van der Waals surface area contributed by atoms with Gasteiger partial charge in [-0.05, 0) is 26.3 Å². The molecule has 0 saturated carbocycles. The molecule has 0 bridgehead atoms. The van der Waals surface area contributed by atoms with E-state index in [9.17, 15) is 15.0 Å². The van der Waals surface area contributed by atoms with Crippen molar-refractivity contribution in [1.29, 1.82) is 0 Å². The highest BCUT2D eigenvalue weighted by Crippen LogP contribution is 2.19. The van der Waals surface area contributed by atoms with Crippen LogP contribution in [-0.2, 0) is 4.79 Å². The van der Waals surface area contributed by atoms with E-state index in [0.717, 1.165) is 29.8 Å². The van der Waals surface area contributed by atoms with E-state index in [1.807, 2.05) is 26.0 Å². The second-order valence-corrected chi connectivity index (χ2v) is 6.24. The number of rotatable bonds is 4. The molecule has 1 aliphatic rings. The zero-order chi connectivity index (χ0) is 16.3.